The molecule has 0 bridgehead atoms. The summed E-state index contributed by atoms with van der Waals surface area (Å²) in [6.07, 6.45) is 7.16. The molecule has 1 fully saturated rings. The van der Waals surface area contributed by atoms with Crippen molar-refractivity contribution in [3.63, 3.8) is 0 Å². The highest BCUT2D eigenvalue weighted by molar-refractivity contribution is 5.81. The molecule has 1 saturated carbocycles. The van der Waals surface area contributed by atoms with Crippen molar-refractivity contribution >= 4 is 11.7 Å². The summed E-state index contributed by atoms with van der Waals surface area (Å²) >= 11 is 0. The maximum absolute atomic E-state index is 11.7. The number of carbonyl (C=O) groups is 2. The average Bonchev–Trinajstić information content (AvgIpc) is 2.38. The standard InChI is InChI=1S/C12H21NO2/c1-10(14)13-9-5-7-11-6-3-2-4-8-12(11)15/h11H,2-9H2,1H3,(H,13,14). The molecule has 86 valence electrons. The summed E-state index contributed by atoms with van der Waals surface area (Å²) in [7, 11) is 0. The summed E-state index contributed by atoms with van der Waals surface area (Å²) < 4.78 is 0. The average molecular weight is 211 g/mol. The summed E-state index contributed by atoms with van der Waals surface area (Å²) in [5, 5.41) is 2.77. The van der Waals surface area contributed by atoms with Crippen LogP contribution in [0, 0.1) is 5.92 Å². The normalized spacial score (nSPS) is 22.2. The van der Waals surface area contributed by atoms with E-state index in [1.54, 1.807) is 0 Å². The van der Waals surface area contributed by atoms with E-state index < -0.39 is 0 Å². The summed E-state index contributed by atoms with van der Waals surface area (Å²) in [6.45, 7) is 2.23. The van der Waals surface area contributed by atoms with Crippen LogP contribution in [0.1, 0.15) is 51.9 Å². The number of ketones is 1. The molecule has 0 aromatic heterocycles. The molecule has 1 rings (SSSR count). The van der Waals surface area contributed by atoms with E-state index in [4.69, 9.17) is 0 Å². The SMILES string of the molecule is CC(=O)NCCCC1CCCCCC1=O. The van der Waals surface area contributed by atoms with Crippen LogP contribution in [0.4, 0.5) is 0 Å². The van der Waals surface area contributed by atoms with Crippen LogP contribution in [-0.4, -0.2) is 18.2 Å². The Bertz CT molecular complexity index is 226. The molecular formula is C12H21NO2. The van der Waals surface area contributed by atoms with Crippen LogP contribution >= 0.6 is 0 Å². The molecule has 3 heteroatoms. The molecule has 1 atom stereocenters. The fraction of sp³-hybridized carbons (Fsp3) is 0.833. The summed E-state index contributed by atoms with van der Waals surface area (Å²) in [5.41, 5.74) is 0. The Morgan fingerprint density at radius 3 is 2.93 bits per heavy atom. The molecule has 0 heterocycles. The van der Waals surface area contributed by atoms with Gasteiger partial charge in [-0.15, -0.1) is 0 Å². The first-order valence-corrected chi connectivity index (χ1v) is 5.97. The van der Waals surface area contributed by atoms with Crippen LogP contribution in [-0.2, 0) is 9.59 Å². The van der Waals surface area contributed by atoms with Crippen LogP contribution in [0.25, 0.3) is 0 Å². The van der Waals surface area contributed by atoms with Gasteiger partial charge in [-0.25, -0.2) is 0 Å². The Hall–Kier alpha value is -0.860. The smallest absolute Gasteiger partial charge is 0.216 e. The lowest BCUT2D eigenvalue weighted by Crippen LogP contribution is -2.22. The second kappa shape index (κ2) is 6.59. The van der Waals surface area contributed by atoms with Crippen LogP contribution in [0.5, 0.6) is 0 Å². The number of rotatable bonds is 4. The third-order valence-electron chi connectivity index (χ3n) is 3.03. The molecule has 0 aromatic carbocycles. The quantitative estimate of drug-likeness (QED) is 0.571. The number of amides is 1. The number of carbonyl (C=O) groups excluding carboxylic acids is 2. The van der Waals surface area contributed by atoms with Gasteiger partial charge in [-0.05, 0) is 25.7 Å². The van der Waals surface area contributed by atoms with Gasteiger partial charge in [-0.3, -0.25) is 9.59 Å². The number of Topliss-reactive ketones (excluding diaryl/α,β-unsaturated/α-hetero) is 1. The van der Waals surface area contributed by atoms with E-state index in [9.17, 15) is 9.59 Å². The van der Waals surface area contributed by atoms with Gasteiger partial charge < -0.3 is 5.32 Å². The first-order valence-electron chi connectivity index (χ1n) is 5.97. The minimum absolute atomic E-state index is 0.0159. The van der Waals surface area contributed by atoms with Gasteiger partial charge in [0.25, 0.3) is 0 Å². The van der Waals surface area contributed by atoms with Gasteiger partial charge in [-0.1, -0.05) is 12.8 Å². The topological polar surface area (TPSA) is 46.2 Å². The monoisotopic (exact) mass is 211 g/mol. The second-order valence-corrected chi connectivity index (χ2v) is 4.39. The van der Waals surface area contributed by atoms with Crippen molar-refractivity contribution in [2.24, 2.45) is 5.92 Å². The fourth-order valence-electron chi connectivity index (χ4n) is 2.15. The first-order chi connectivity index (χ1) is 7.20. The van der Waals surface area contributed by atoms with E-state index in [0.29, 0.717) is 12.3 Å². The van der Waals surface area contributed by atoms with E-state index in [1.807, 2.05) is 0 Å². The first kappa shape index (κ1) is 12.2. The van der Waals surface area contributed by atoms with Crippen molar-refractivity contribution in [3.8, 4) is 0 Å². The molecule has 1 N–H and O–H groups in total. The van der Waals surface area contributed by atoms with E-state index in [1.165, 1.54) is 19.8 Å². The zero-order valence-electron chi connectivity index (χ0n) is 9.55. The lowest BCUT2D eigenvalue weighted by atomic mass is 9.94. The maximum Gasteiger partial charge on any atom is 0.216 e. The molecule has 0 spiro atoms. The van der Waals surface area contributed by atoms with Crippen molar-refractivity contribution in [1.82, 2.24) is 5.32 Å². The Kier molecular flexibility index (Phi) is 5.37. The van der Waals surface area contributed by atoms with Crippen molar-refractivity contribution in [2.45, 2.75) is 51.9 Å². The van der Waals surface area contributed by atoms with Gasteiger partial charge in [0.05, 0.1) is 0 Å². The molecule has 0 aromatic rings. The van der Waals surface area contributed by atoms with Gasteiger partial charge in [0, 0.05) is 25.8 Å². The van der Waals surface area contributed by atoms with Gasteiger partial charge in [0.1, 0.15) is 5.78 Å². The summed E-state index contributed by atoms with van der Waals surface area (Å²) in [4.78, 5) is 22.3. The molecule has 1 aliphatic rings. The van der Waals surface area contributed by atoms with E-state index in [2.05, 4.69) is 5.32 Å². The maximum atomic E-state index is 11.7. The highest BCUT2D eigenvalue weighted by atomic mass is 16.1. The molecule has 1 amide bonds. The molecule has 0 saturated heterocycles. The minimum atomic E-state index is 0.0159. The van der Waals surface area contributed by atoms with Crippen molar-refractivity contribution in [1.29, 1.82) is 0 Å². The highest BCUT2D eigenvalue weighted by Gasteiger charge is 2.19. The molecule has 15 heavy (non-hydrogen) atoms. The molecule has 0 radical (unpaired) electrons. The van der Waals surface area contributed by atoms with Crippen LogP contribution < -0.4 is 5.32 Å². The Morgan fingerprint density at radius 1 is 1.40 bits per heavy atom. The molecule has 1 unspecified atom stereocenters. The summed E-state index contributed by atoms with van der Waals surface area (Å²) in [6, 6.07) is 0. The van der Waals surface area contributed by atoms with Crippen molar-refractivity contribution < 1.29 is 9.59 Å². The largest absolute Gasteiger partial charge is 0.356 e. The summed E-state index contributed by atoms with van der Waals surface area (Å²) in [5.74, 6) is 0.721. The fourth-order valence-corrected chi connectivity index (χ4v) is 2.15. The van der Waals surface area contributed by atoms with Crippen molar-refractivity contribution in [2.75, 3.05) is 6.54 Å². The second-order valence-electron chi connectivity index (χ2n) is 4.39. The third-order valence-corrected chi connectivity index (χ3v) is 3.03. The highest BCUT2D eigenvalue weighted by Crippen LogP contribution is 2.23. The number of hydrogen-bond acceptors (Lipinski definition) is 2. The third kappa shape index (κ3) is 4.96. The minimum Gasteiger partial charge on any atom is -0.356 e. The Labute approximate surface area is 91.6 Å². The molecule has 0 aliphatic heterocycles. The van der Waals surface area contributed by atoms with Crippen LogP contribution in [0.15, 0.2) is 0 Å². The van der Waals surface area contributed by atoms with E-state index >= 15 is 0 Å². The number of hydrogen-bond donors (Lipinski definition) is 1. The van der Waals surface area contributed by atoms with Gasteiger partial charge >= 0.3 is 0 Å². The van der Waals surface area contributed by atoms with E-state index in [-0.39, 0.29) is 11.8 Å². The molecule has 3 nitrogen and oxygen atoms in total. The van der Waals surface area contributed by atoms with Gasteiger partial charge in [0.15, 0.2) is 0 Å². The van der Waals surface area contributed by atoms with Gasteiger partial charge in [0.2, 0.25) is 5.91 Å². The van der Waals surface area contributed by atoms with Crippen LogP contribution in [0.3, 0.4) is 0 Å². The van der Waals surface area contributed by atoms with Gasteiger partial charge in [-0.2, -0.15) is 0 Å². The molecule has 1 aliphatic carbocycles. The Morgan fingerprint density at radius 2 is 2.20 bits per heavy atom. The predicted molar refractivity (Wildman–Crippen MR) is 59.5 cm³/mol. The van der Waals surface area contributed by atoms with Crippen molar-refractivity contribution in [3.05, 3.63) is 0 Å². The zero-order chi connectivity index (χ0) is 11.1. The zero-order valence-corrected chi connectivity index (χ0v) is 9.55. The van der Waals surface area contributed by atoms with E-state index in [0.717, 1.165) is 32.1 Å². The molecular weight excluding hydrogens is 190 g/mol. The number of nitrogens with one attached hydrogen (secondary N) is 1. The predicted octanol–water partition coefficient (Wildman–Crippen LogP) is 2.05. The van der Waals surface area contributed by atoms with Crippen LogP contribution in [0.2, 0.25) is 0 Å². The lowest BCUT2D eigenvalue weighted by Gasteiger charge is -2.12. The Balaban J connectivity index is 2.18. The lowest BCUT2D eigenvalue weighted by molar-refractivity contribution is -0.122.